The van der Waals surface area contributed by atoms with E-state index in [-0.39, 0.29) is 5.78 Å². The van der Waals surface area contributed by atoms with E-state index in [0.717, 1.165) is 0 Å². The van der Waals surface area contributed by atoms with Gasteiger partial charge in [0, 0.05) is 40.7 Å². The van der Waals surface area contributed by atoms with Crippen molar-refractivity contribution in [2.75, 3.05) is 17.7 Å². The quantitative estimate of drug-likeness (QED) is 0.411. The molecular weight excluding hydrogens is 406 g/mol. The number of fused-ring (bicyclic) bond motifs is 1. The summed E-state index contributed by atoms with van der Waals surface area (Å²) in [6.45, 7) is 0. The van der Waals surface area contributed by atoms with E-state index in [1.165, 1.54) is 19.5 Å². The van der Waals surface area contributed by atoms with Crippen LogP contribution in [0.25, 0.3) is 11.0 Å². The van der Waals surface area contributed by atoms with Gasteiger partial charge in [-0.2, -0.15) is 0 Å². The Bertz CT molecular complexity index is 1240. The lowest BCUT2D eigenvalue weighted by atomic mass is 10.0. The number of aromatic nitrogens is 3. The minimum absolute atomic E-state index is 0.214. The number of H-pyrrole nitrogens is 1. The highest BCUT2D eigenvalue weighted by Crippen LogP contribution is 2.24. The number of pyridine rings is 2. The molecule has 9 heteroatoms. The van der Waals surface area contributed by atoms with E-state index >= 15 is 0 Å². The number of rotatable bonds is 5. The fraction of sp³-hybridized carbons (Fsp3) is 0.0476. The molecule has 3 aromatic heterocycles. The van der Waals surface area contributed by atoms with E-state index in [1.54, 1.807) is 48.7 Å². The number of ether oxygens (including phenoxy) is 1. The van der Waals surface area contributed by atoms with E-state index in [4.69, 9.17) is 16.3 Å². The minimum Gasteiger partial charge on any atom is -0.481 e. The van der Waals surface area contributed by atoms with Crippen LogP contribution in [0.3, 0.4) is 0 Å². The number of nitrogens with zero attached hydrogens (tertiary/aromatic N) is 2. The molecule has 0 spiro atoms. The summed E-state index contributed by atoms with van der Waals surface area (Å²) in [6, 6.07) is 11.2. The maximum absolute atomic E-state index is 13.0. The number of carbonyl (C=O) groups is 2. The van der Waals surface area contributed by atoms with Crippen LogP contribution in [0.5, 0.6) is 5.88 Å². The molecule has 0 unspecified atom stereocenters. The Labute approximate surface area is 176 Å². The van der Waals surface area contributed by atoms with Crippen LogP contribution in [-0.4, -0.2) is 33.9 Å². The maximum atomic E-state index is 13.0. The second-order valence-electron chi connectivity index (χ2n) is 6.33. The van der Waals surface area contributed by atoms with Crippen molar-refractivity contribution in [1.29, 1.82) is 0 Å². The Hall–Kier alpha value is -3.91. The van der Waals surface area contributed by atoms with Crippen molar-refractivity contribution < 1.29 is 14.3 Å². The highest BCUT2D eigenvalue weighted by atomic mass is 35.5. The summed E-state index contributed by atoms with van der Waals surface area (Å²) in [5.74, 6) is 0.231. The topological polar surface area (TPSA) is 109 Å². The largest absolute Gasteiger partial charge is 0.481 e. The standard InChI is InChI=1S/C21H16ClN5O3/c1-30-18-6-5-15(10-23-18)27-21(29)26-14-4-2-3-12(7-14)19(28)17-11-25-20-16(17)8-13(22)9-24-20/h2-11H,1H3,(H,24,25)(H2,26,27,29). The molecule has 0 aliphatic heterocycles. The summed E-state index contributed by atoms with van der Waals surface area (Å²) in [5.41, 5.74) is 2.41. The molecule has 0 aliphatic rings. The van der Waals surface area contributed by atoms with Crippen LogP contribution in [0.1, 0.15) is 15.9 Å². The lowest BCUT2D eigenvalue weighted by molar-refractivity contribution is 0.104. The van der Waals surface area contributed by atoms with Gasteiger partial charge < -0.3 is 20.4 Å². The fourth-order valence-corrected chi connectivity index (χ4v) is 3.09. The summed E-state index contributed by atoms with van der Waals surface area (Å²) >= 11 is 6.01. The fourth-order valence-electron chi connectivity index (χ4n) is 2.93. The molecule has 4 rings (SSSR count). The van der Waals surface area contributed by atoms with Crippen molar-refractivity contribution in [3.8, 4) is 5.88 Å². The summed E-state index contributed by atoms with van der Waals surface area (Å²) in [4.78, 5) is 36.4. The van der Waals surface area contributed by atoms with Crippen LogP contribution in [0.4, 0.5) is 16.2 Å². The molecule has 2 amide bonds. The molecule has 0 bridgehead atoms. The SMILES string of the molecule is COc1ccc(NC(=O)Nc2cccc(C(=O)c3c[nH]c4ncc(Cl)cc34)c2)cn1. The van der Waals surface area contributed by atoms with E-state index in [2.05, 4.69) is 25.6 Å². The van der Waals surface area contributed by atoms with Gasteiger partial charge in [-0.3, -0.25) is 4.79 Å². The Balaban J connectivity index is 1.51. The number of hydrogen-bond donors (Lipinski definition) is 3. The smallest absolute Gasteiger partial charge is 0.323 e. The zero-order valence-electron chi connectivity index (χ0n) is 15.8. The summed E-state index contributed by atoms with van der Waals surface area (Å²) in [7, 11) is 1.51. The van der Waals surface area contributed by atoms with Crippen LogP contribution in [0, 0.1) is 0 Å². The highest BCUT2D eigenvalue weighted by Gasteiger charge is 2.16. The molecule has 0 fully saturated rings. The van der Waals surface area contributed by atoms with Crippen molar-refractivity contribution in [2.45, 2.75) is 0 Å². The maximum Gasteiger partial charge on any atom is 0.323 e. The van der Waals surface area contributed by atoms with Crippen LogP contribution < -0.4 is 15.4 Å². The van der Waals surface area contributed by atoms with Crippen molar-refractivity contribution in [3.63, 3.8) is 0 Å². The number of aromatic amines is 1. The first-order valence-corrected chi connectivity index (χ1v) is 9.27. The van der Waals surface area contributed by atoms with Gasteiger partial charge in [-0.1, -0.05) is 23.7 Å². The van der Waals surface area contributed by atoms with Gasteiger partial charge in [0.1, 0.15) is 5.65 Å². The van der Waals surface area contributed by atoms with Crippen molar-refractivity contribution >= 4 is 45.8 Å². The predicted octanol–water partition coefficient (Wildman–Crippen LogP) is 4.49. The normalized spacial score (nSPS) is 10.6. The van der Waals surface area contributed by atoms with E-state index in [1.807, 2.05) is 0 Å². The van der Waals surface area contributed by atoms with Gasteiger partial charge in [0.25, 0.3) is 0 Å². The number of carbonyl (C=O) groups excluding carboxylic acids is 2. The average molecular weight is 422 g/mol. The number of halogens is 1. The Morgan fingerprint density at radius 3 is 2.63 bits per heavy atom. The molecule has 1 aromatic carbocycles. The Kier molecular flexibility index (Phi) is 5.32. The molecule has 150 valence electrons. The summed E-state index contributed by atoms with van der Waals surface area (Å²) < 4.78 is 4.98. The van der Waals surface area contributed by atoms with Gasteiger partial charge in [0.2, 0.25) is 5.88 Å². The number of urea groups is 1. The molecular formula is C21H16ClN5O3. The zero-order valence-corrected chi connectivity index (χ0v) is 16.5. The van der Waals surface area contributed by atoms with Crippen molar-refractivity contribution in [1.82, 2.24) is 15.0 Å². The average Bonchev–Trinajstić information content (AvgIpc) is 3.17. The number of ketones is 1. The number of hydrogen-bond acceptors (Lipinski definition) is 5. The lowest BCUT2D eigenvalue weighted by Gasteiger charge is -2.09. The molecule has 4 aromatic rings. The van der Waals surface area contributed by atoms with Crippen molar-refractivity contribution in [2.24, 2.45) is 0 Å². The van der Waals surface area contributed by atoms with Crippen molar-refractivity contribution in [3.05, 3.63) is 77.2 Å². The molecule has 0 saturated heterocycles. The molecule has 8 nitrogen and oxygen atoms in total. The molecule has 0 aliphatic carbocycles. The third-order valence-corrected chi connectivity index (χ3v) is 4.54. The summed E-state index contributed by atoms with van der Waals surface area (Å²) in [6.07, 6.45) is 4.59. The van der Waals surface area contributed by atoms with Gasteiger partial charge in [0.15, 0.2) is 5.78 Å². The minimum atomic E-state index is -0.463. The van der Waals surface area contributed by atoms with Crippen LogP contribution >= 0.6 is 11.6 Å². The monoisotopic (exact) mass is 421 g/mol. The second-order valence-corrected chi connectivity index (χ2v) is 6.77. The second kappa shape index (κ2) is 8.22. The number of methoxy groups -OCH3 is 1. The van der Waals surface area contributed by atoms with Crippen LogP contribution in [0.15, 0.2) is 61.1 Å². The highest BCUT2D eigenvalue weighted by molar-refractivity contribution is 6.31. The summed E-state index contributed by atoms with van der Waals surface area (Å²) in [5, 5.41) is 6.45. The first-order valence-electron chi connectivity index (χ1n) is 8.89. The van der Waals surface area contributed by atoms with E-state index in [0.29, 0.717) is 44.4 Å². The van der Waals surface area contributed by atoms with E-state index in [9.17, 15) is 9.59 Å². The zero-order chi connectivity index (χ0) is 21.1. The number of benzene rings is 1. The molecule has 0 radical (unpaired) electrons. The molecule has 3 heterocycles. The number of anilines is 2. The third-order valence-electron chi connectivity index (χ3n) is 4.33. The van der Waals surface area contributed by atoms with Gasteiger partial charge in [-0.05, 0) is 24.3 Å². The molecule has 3 N–H and O–H groups in total. The molecule has 0 atom stereocenters. The molecule has 30 heavy (non-hydrogen) atoms. The molecule has 0 saturated carbocycles. The third kappa shape index (κ3) is 4.08. The number of nitrogens with one attached hydrogen (secondary N) is 3. The van der Waals surface area contributed by atoms with Crippen LogP contribution in [-0.2, 0) is 0 Å². The van der Waals surface area contributed by atoms with Gasteiger partial charge in [-0.15, -0.1) is 0 Å². The van der Waals surface area contributed by atoms with Gasteiger partial charge in [-0.25, -0.2) is 14.8 Å². The first kappa shape index (κ1) is 19.4. The first-order chi connectivity index (χ1) is 14.5. The number of amides is 2. The van der Waals surface area contributed by atoms with Gasteiger partial charge in [0.05, 0.1) is 24.0 Å². The van der Waals surface area contributed by atoms with Gasteiger partial charge >= 0.3 is 6.03 Å². The van der Waals surface area contributed by atoms with Crippen LogP contribution in [0.2, 0.25) is 5.02 Å². The lowest BCUT2D eigenvalue weighted by Crippen LogP contribution is -2.19. The predicted molar refractivity (Wildman–Crippen MR) is 114 cm³/mol. The van der Waals surface area contributed by atoms with E-state index < -0.39 is 6.03 Å². The Morgan fingerprint density at radius 1 is 1.03 bits per heavy atom. The Morgan fingerprint density at radius 2 is 1.87 bits per heavy atom.